The number of hydrogen-bond acceptors (Lipinski definition) is 4. The molecular weight excluding hydrogens is 380 g/mol. The molecule has 6 nitrogen and oxygen atoms in total. The molecule has 0 unspecified atom stereocenters. The van der Waals surface area contributed by atoms with E-state index in [1.807, 2.05) is 36.4 Å². The van der Waals surface area contributed by atoms with Crippen LogP contribution in [0, 0.1) is 0 Å². The van der Waals surface area contributed by atoms with Crippen LogP contribution in [0.2, 0.25) is 0 Å². The van der Waals surface area contributed by atoms with E-state index in [0.29, 0.717) is 17.9 Å². The van der Waals surface area contributed by atoms with Gasteiger partial charge in [-0.05, 0) is 54.1 Å². The summed E-state index contributed by atoms with van der Waals surface area (Å²) in [6.45, 7) is 1.89. The molecule has 0 aliphatic carbocycles. The summed E-state index contributed by atoms with van der Waals surface area (Å²) < 4.78 is 11.0. The summed E-state index contributed by atoms with van der Waals surface area (Å²) >= 11 is 0. The van der Waals surface area contributed by atoms with Crippen molar-refractivity contribution >= 4 is 23.2 Å². The Bertz CT molecular complexity index is 1010. The lowest BCUT2D eigenvalue weighted by molar-refractivity contribution is -0.116. The second kappa shape index (κ2) is 9.60. The molecule has 30 heavy (non-hydrogen) atoms. The zero-order chi connectivity index (χ0) is 21.5. The molecule has 0 radical (unpaired) electrons. The zero-order valence-corrected chi connectivity index (χ0v) is 17.2. The van der Waals surface area contributed by atoms with E-state index in [0.717, 1.165) is 22.7 Å². The molecule has 0 atom stereocenters. The van der Waals surface area contributed by atoms with E-state index >= 15 is 0 Å². The van der Waals surface area contributed by atoms with Crippen LogP contribution in [0.25, 0.3) is 0 Å². The van der Waals surface area contributed by atoms with Gasteiger partial charge in [0.15, 0.2) is 0 Å². The molecule has 0 heterocycles. The molecule has 0 aromatic heterocycles. The molecule has 0 saturated heterocycles. The largest absolute Gasteiger partial charge is 0.497 e. The van der Waals surface area contributed by atoms with Crippen molar-refractivity contribution in [3.8, 4) is 11.5 Å². The molecule has 0 saturated carbocycles. The molecule has 0 fully saturated rings. The molecule has 0 bridgehead atoms. The second-order valence-corrected chi connectivity index (χ2v) is 6.74. The third-order valence-electron chi connectivity index (χ3n) is 4.65. The number of nitrogens with zero attached hydrogens (tertiary/aromatic N) is 1. The maximum Gasteiger partial charge on any atom is 0.255 e. The van der Waals surface area contributed by atoms with Gasteiger partial charge < -0.3 is 19.7 Å². The first-order valence-electron chi connectivity index (χ1n) is 9.48. The van der Waals surface area contributed by atoms with Crippen LogP contribution in [0.5, 0.6) is 11.5 Å². The highest BCUT2D eigenvalue weighted by Gasteiger charge is 2.08. The standard InChI is InChI=1S/C24H24N2O4/c1-17(27)26(2)21-13-11-20(12-14-21)25-24(28)19-9-7-18(8-10-19)16-30-23-6-4-5-22(15-23)29-3/h4-15H,16H2,1-3H3,(H,25,28). The lowest BCUT2D eigenvalue weighted by atomic mass is 10.1. The molecule has 2 amide bonds. The quantitative estimate of drug-likeness (QED) is 0.629. The van der Waals surface area contributed by atoms with Gasteiger partial charge >= 0.3 is 0 Å². The van der Waals surface area contributed by atoms with Crippen LogP contribution in [0.15, 0.2) is 72.8 Å². The van der Waals surface area contributed by atoms with Crippen LogP contribution in [0.3, 0.4) is 0 Å². The van der Waals surface area contributed by atoms with Crippen LogP contribution < -0.4 is 19.7 Å². The van der Waals surface area contributed by atoms with E-state index in [9.17, 15) is 9.59 Å². The third-order valence-corrected chi connectivity index (χ3v) is 4.65. The molecule has 1 N–H and O–H groups in total. The van der Waals surface area contributed by atoms with E-state index in [4.69, 9.17) is 9.47 Å². The molecule has 3 aromatic rings. The summed E-state index contributed by atoms with van der Waals surface area (Å²) in [5.41, 5.74) is 2.92. The van der Waals surface area contributed by atoms with Gasteiger partial charge in [-0.15, -0.1) is 0 Å². The summed E-state index contributed by atoms with van der Waals surface area (Å²) in [6.07, 6.45) is 0. The topological polar surface area (TPSA) is 67.9 Å². The highest BCUT2D eigenvalue weighted by Crippen LogP contribution is 2.21. The minimum Gasteiger partial charge on any atom is -0.497 e. The Morgan fingerprint density at radius 3 is 2.23 bits per heavy atom. The van der Waals surface area contributed by atoms with Crippen molar-refractivity contribution in [2.24, 2.45) is 0 Å². The van der Waals surface area contributed by atoms with Crippen LogP contribution in [-0.4, -0.2) is 26.0 Å². The van der Waals surface area contributed by atoms with E-state index < -0.39 is 0 Å². The fourth-order valence-corrected chi connectivity index (χ4v) is 2.76. The fourth-order valence-electron chi connectivity index (χ4n) is 2.76. The minimum atomic E-state index is -0.206. The summed E-state index contributed by atoms with van der Waals surface area (Å²) in [5, 5.41) is 2.86. The normalized spacial score (nSPS) is 10.2. The number of carbonyl (C=O) groups is 2. The number of rotatable bonds is 7. The Kier molecular flexibility index (Phi) is 6.70. The average Bonchev–Trinajstić information content (AvgIpc) is 2.78. The molecular formula is C24H24N2O4. The number of methoxy groups -OCH3 is 1. The van der Waals surface area contributed by atoms with Crippen LogP contribution in [0.4, 0.5) is 11.4 Å². The average molecular weight is 404 g/mol. The van der Waals surface area contributed by atoms with E-state index in [1.54, 1.807) is 50.6 Å². The minimum absolute atomic E-state index is 0.0535. The second-order valence-electron chi connectivity index (χ2n) is 6.74. The van der Waals surface area contributed by atoms with E-state index in [2.05, 4.69) is 5.32 Å². The van der Waals surface area contributed by atoms with Gasteiger partial charge in [0, 0.05) is 37.0 Å². The summed E-state index contributed by atoms with van der Waals surface area (Å²) in [5.74, 6) is 1.20. The first-order chi connectivity index (χ1) is 14.5. The van der Waals surface area contributed by atoms with Crippen molar-refractivity contribution in [2.45, 2.75) is 13.5 Å². The monoisotopic (exact) mass is 404 g/mol. The van der Waals surface area contributed by atoms with Gasteiger partial charge in [-0.25, -0.2) is 0 Å². The lowest BCUT2D eigenvalue weighted by Crippen LogP contribution is -2.22. The van der Waals surface area contributed by atoms with E-state index in [1.165, 1.54) is 11.8 Å². The number of anilines is 2. The van der Waals surface area contributed by atoms with Gasteiger partial charge in [0.25, 0.3) is 5.91 Å². The Balaban J connectivity index is 1.57. The SMILES string of the molecule is COc1cccc(OCc2ccc(C(=O)Nc3ccc(N(C)C(C)=O)cc3)cc2)c1. The molecule has 0 spiro atoms. The highest BCUT2D eigenvalue weighted by molar-refractivity contribution is 6.04. The fraction of sp³-hybridized carbons (Fsp3) is 0.167. The molecule has 0 aliphatic rings. The molecule has 3 aromatic carbocycles. The van der Waals surface area contributed by atoms with Gasteiger partial charge in [-0.1, -0.05) is 18.2 Å². The van der Waals surface area contributed by atoms with Crippen molar-refractivity contribution in [1.82, 2.24) is 0 Å². The van der Waals surface area contributed by atoms with Gasteiger partial charge in [0.05, 0.1) is 7.11 Å². The summed E-state index contributed by atoms with van der Waals surface area (Å²) in [7, 11) is 3.32. The van der Waals surface area contributed by atoms with Gasteiger partial charge in [-0.2, -0.15) is 0 Å². The summed E-state index contributed by atoms with van der Waals surface area (Å²) in [6, 6.07) is 21.8. The van der Waals surface area contributed by atoms with Gasteiger partial charge in [0.1, 0.15) is 18.1 Å². The van der Waals surface area contributed by atoms with Gasteiger partial charge in [-0.3, -0.25) is 9.59 Å². The van der Waals surface area contributed by atoms with E-state index in [-0.39, 0.29) is 11.8 Å². The van der Waals surface area contributed by atoms with Crippen molar-refractivity contribution in [2.75, 3.05) is 24.4 Å². The van der Waals surface area contributed by atoms with Crippen molar-refractivity contribution < 1.29 is 19.1 Å². The molecule has 3 rings (SSSR count). The Labute approximate surface area is 176 Å². The predicted octanol–water partition coefficient (Wildman–Crippen LogP) is 4.51. The number of hydrogen-bond donors (Lipinski definition) is 1. The number of ether oxygens (including phenoxy) is 2. The zero-order valence-electron chi connectivity index (χ0n) is 17.2. The molecule has 0 aliphatic heterocycles. The Morgan fingerprint density at radius 1 is 0.933 bits per heavy atom. The smallest absolute Gasteiger partial charge is 0.255 e. The molecule has 6 heteroatoms. The van der Waals surface area contributed by atoms with Crippen LogP contribution in [-0.2, 0) is 11.4 Å². The van der Waals surface area contributed by atoms with Crippen LogP contribution in [0.1, 0.15) is 22.8 Å². The maximum atomic E-state index is 12.5. The third kappa shape index (κ3) is 5.38. The first-order valence-corrected chi connectivity index (χ1v) is 9.48. The van der Waals surface area contributed by atoms with Crippen molar-refractivity contribution in [3.63, 3.8) is 0 Å². The summed E-state index contributed by atoms with van der Waals surface area (Å²) in [4.78, 5) is 25.4. The highest BCUT2D eigenvalue weighted by atomic mass is 16.5. The lowest BCUT2D eigenvalue weighted by Gasteiger charge is -2.15. The molecule has 154 valence electrons. The van der Waals surface area contributed by atoms with Crippen molar-refractivity contribution in [3.05, 3.63) is 83.9 Å². The number of amides is 2. The Morgan fingerprint density at radius 2 is 1.60 bits per heavy atom. The Hall–Kier alpha value is -3.80. The number of nitrogens with one attached hydrogen (secondary N) is 1. The maximum absolute atomic E-state index is 12.5. The van der Waals surface area contributed by atoms with Gasteiger partial charge in [0.2, 0.25) is 5.91 Å². The number of carbonyl (C=O) groups excluding carboxylic acids is 2. The first kappa shape index (κ1) is 20.9. The predicted molar refractivity (Wildman–Crippen MR) is 117 cm³/mol. The number of benzene rings is 3. The van der Waals surface area contributed by atoms with Crippen molar-refractivity contribution in [1.29, 1.82) is 0 Å². The van der Waals surface area contributed by atoms with Crippen LogP contribution >= 0.6 is 0 Å².